The first kappa shape index (κ1) is 20.9. The number of aliphatic hydroxyl groups is 1. The van der Waals surface area contributed by atoms with Crippen LogP contribution in [0.2, 0.25) is 0 Å². The Morgan fingerprint density at radius 2 is 1.93 bits per heavy atom. The van der Waals surface area contributed by atoms with Gasteiger partial charge in [0.05, 0.1) is 6.10 Å². The van der Waals surface area contributed by atoms with Gasteiger partial charge in [0.25, 0.3) is 0 Å². The second-order valence-electron chi connectivity index (χ2n) is 10.8. The number of hydrogen-bond donors (Lipinski definition) is 3. The molecule has 3 saturated carbocycles. The SMILES string of the molecule is C[C@H](C(=O)NCC(=O)O)[C@H]1CC[C@H]2C3CC=C4C[C@@H](O)CC[C@]4(C)[C@H]3CC[C@]12C. The van der Waals surface area contributed by atoms with Gasteiger partial charge >= 0.3 is 5.97 Å². The quantitative estimate of drug-likeness (QED) is 0.624. The molecule has 0 spiro atoms. The predicted octanol–water partition coefficient (Wildman–Crippen LogP) is 3.76. The van der Waals surface area contributed by atoms with E-state index in [4.69, 9.17) is 5.11 Å². The predicted molar refractivity (Wildman–Crippen MR) is 111 cm³/mol. The van der Waals surface area contributed by atoms with Gasteiger partial charge in [-0.25, -0.2) is 0 Å². The van der Waals surface area contributed by atoms with Gasteiger partial charge in [-0.2, -0.15) is 0 Å². The highest BCUT2D eigenvalue weighted by Gasteiger charge is 2.59. The van der Waals surface area contributed by atoms with Crippen molar-refractivity contribution in [3.63, 3.8) is 0 Å². The molecule has 0 radical (unpaired) electrons. The Balaban J connectivity index is 1.53. The van der Waals surface area contributed by atoms with Gasteiger partial charge < -0.3 is 15.5 Å². The first-order valence-electron chi connectivity index (χ1n) is 11.5. The Labute approximate surface area is 174 Å². The minimum absolute atomic E-state index is 0.111. The zero-order valence-corrected chi connectivity index (χ0v) is 18.1. The highest BCUT2D eigenvalue weighted by molar-refractivity contribution is 5.83. The first-order valence-corrected chi connectivity index (χ1v) is 11.5. The molecule has 3 N–H and O–H groups in total. The van der Waals surface area contributed by atoms with E-state index in [1.807, 2.05) is 6.92 Å². The van der Waals surface area contributed by atoms with Crippen molar-refractivity contribution in [2.24, 2.45) is 40.4 Å². The van der Waals surface area contributed by atoms with E-state index in [1.54, 1.807) is 0 Å². The lowest BCUT2D eigenvalue weighted by Crippen LogP contribution is -2.51. The van der Waals surface area contributed by atoms with E-state index < -0.39 is 5.97 Å². The van der Waals surface area contributed by atoms with Crippen molar-refractivity contribution in [2.75, 3.05) is 6.54 Å². The van der Waals surface area contributed by atoms with E-state index >= 15 is 0 Å². The molecule has 162 valence electrons. The minimum Gasteiger partial charge on any atom is -0.480 e. The van der Waals surface area contributed by atoms with Crippen molar-refractivity contribution in [1.82, 2.24) is 5.32 Å². The average molecular weight is 404 g/mol. The minimum atomic E-state index is -0.989. The Morgan fingerprint density at radius 3 is 2.66 bits per heavy atom. The molecule has 0 heterocycles. The highest BCUT2D eigenvalue weighted by Crippen LogP contribution is 2.67. The van der Waals surface area contributed by atoms with Crippen molar-refractivity contribution in [2.45, 2.75) is 78.2 Å². The van der Waals surface area contributed by atoms with Gasteiger partial charge in [0, 0.05) is 5.92 Å². The zero-order valence-electron chi connectivity index (χ0n) is 18.1. The molecule has 8 atom stereocenters. The van der Waals surface area contributed by atoms with Crippen molar-refractivity contribution in [1.29, 1.82) is 0 Å². The third kappa shape index (κ3) is 3.34. The third-order valence-corrected chi connectivity index (χ3v) is 9.58. The standard InChI is InChI=1S/C24H37NO4/c1-14(22(29)25-13-21(27)28)18-6-7-19-17-5-4-15-12-16(26)8-10-23(15,2)20(17)9-11-24(18,19)3/h4,14,16-20,26H,5-13H2,1-3H3,(H,25,29)(H,27,28)/t14-,16-,17?,18+,19-,20-,23-,24+/m0/s1. The molecular formula is C24H37NO4. The molecule has 0 saturated heterocycles. The smallest absolute Gasteiger partial charge is 0.322 e. The van der Waals surface area contributed by atoms with E-state index in [1.165, 1.54) is 18.4 Å². The van der Waals surface area contributed by atoms with Gasteiger partial charge in [0.2, 0.25) is 5.91 Å². The molecule has 29 heavy (non-hydrogen) atoms. The molecule has 3 fully saturated rings. The maximum Gasteiger partial charge on any atom is 0.322 e. The van der Waals surface area contributed by atoms with E-state index in [0.717, 1.165) is 38.5 Å². The molecule has 0 bridgehead atoms. The lowest BCUT2D eigenvalue weighted by molar-refractivity contribution is -0.139. The lowest BCUT2D eigenvalue weighted by Gasteiger charge is -2.58. The maximum atomic E-state index is 12.6. The number of fused-ring (bicyclic) bond motifs is 5. The van der Waals surface area contributed by atoms with Crippen molar-refractivity contribution >= 4 is 11.9 Å². The zero-order chi connectivity index (χ0) is 21.0. The van der Waals surface area contributed by atoms with Crippen LogP contribution >= 0.6 is 0 Å². The molecule has 0 aromatic rings. The average Bonchev–Trinajstić information content (AvgIpc) is 3.03. The van der Waals surface area contributed by atoms with Crippen molar-refractivity contribution in [3.05, 3.63) is 11.6 Å². The van der Waals surface area contributed by atoms with Crippen LogP contribution in [0.15, 0.2) is 11.6 Å². The number of carboxylic acids is 1. The normalized spacial score (nSPS) is 44.7. The molecule has 0 aromatic heterocycles. The highest BCUT2D eigenvalue weighted by atomic mass is 16.4. The summed E-state index contributed by atoms with van der Waals surface area (Å²) < 4.78 is 0. The Hall–Kier alpha value is -1.36. The largest absolute Gasteiger partial charge is 0.480 e. The molecule has 0 aromatic carbocycles. The topological polar surface area (TPSA) is 86.6 Å². The van der Waals surface area contributed by atoms with Gasteiger partial charge in [-0.15, -0.1) is 0 Å². The van der Waals surface area contributed by atoms with Crippen LogP contribution in [-0.4, -0.2) is 34.7 Å². The number of rotatable bonds is 4. The van der Waals surface area contributed by atoms with Gasteiger partial charge in [-0.1, -0.05) is 32.4 Å². The van der Waals surface area contributed by atoms with Crippen LogP contribution < -0.4 is 5.32 Å². The van der Waals surface area contributed by atoms with E-state index in [2.05, 4.69) is 25.2 Å². The van der Waals surface area contributed by atoms with Gasteiger partial charge in [0.1, 0.15) is 6.54 Å². The molecule has 4 aliphatic rings. The number of carboxylic acid groups (broad SMARTS) is 1. The van der Waals surface area contributed by atoms with Gasteiger partial charge in [-0.05, 0) is 85.9 Å². The number of hydrogen-bond acceptors (Lipinski definition) is 3. The van der Waals surface area contributed by atoms with Crippen molar-refractivity contribution < 1.29 is 19.8 Å². The maximum absolute atomic E-state index is 12.6. The Kier molecular flexibility index (Phi) is 5.33. The van der Waals surface area contributed by atoms with Crippen LogP contribution in [0.3, 0.4) is 0 Å². The Morgan fingerprint density at radius 1 is 1.17 bits per heavy atom. The first-order chi connectivity index (χ1) is 13.7. The summed E-state index contributed by atoms with van der Waals surface area (Å²) >= 11 is 0. The summed E-state index contributed by atoms with van der Waals surface area (Å²) in [7, 11) is 0. The second kappa shape index (κ2) is 7.40. The van der Waals surface area contributed by atoms with Gasteiger partial charge in [0.15, 0.2) is 0 Å². The summed E-state index contributed by atoms with van der Waals surface area (Å²) in [6.45, 7) is 6.54. The molecule has 4 aliphatic carbocycles. The second-order valence-corrected chi connectivity index (χ2v) is 10.8. The number of amides is 1. The summed E-state index contributed by atoms with van der Waals surface area (Å²) in [4.78, 5) is 23.4. The fourth-order valence-electron chi connectivity index (χ4n) is 8.01. The number of allylic oxidation sites excluding steroid dienone is 1. The van der Waals surface area contributed by atoms with E-state index in [9.17, 15) is 14.7 Å². The summed E-state index contributed by atoms with van der Waals surface area (Å²) in [6.07, 6.45) is 10.9. The van der Waals surface area contributed by atoms with Crippen LogP contribution in [0.25, 0.3) is 0 Å². The van der Waals surface area contributed by atoms with Gasteiger partial charge in [-0.3, -0.25) is 9.59 Å². The number of nitrogens with one attached hydrogen (secondary N) is 1. The number of carbonyl (C=O) groups is 2. The Bertz CT molecular complexity index is 718. The summed E-state index contributed by atoms with van der Waals surface area (Å²) in [5.41, 5.74) is 1.90. The number of carbonyl (C=O) groups excluding carboxylic acids is 1. The molecular weight excluding hydrogens is 366 g/mol. The third-order valence-electron chi connectivity index (χ3n) is 9.58. The van der Waals surface area contributed by atoms with E-state index in [-0.39, 0.29) is 35.3 Å². The fourth-order valence-corrected chi connectivity index (χ4v) is 8.01. The molecule has 1 amide bonds. The summed E-state index contributed by atoms with van der Waals surface area (Å²) in [6, 6.07) is 0. The van der Waals surface area contributed by atoms with Crippen LogP contribution in [0.5, 0.6) is 0 Å². The van der Waals surface area contributed by atoms with Crippen LogP contribution in [-0.2, 0) is 9.59 Å². The number of aliphatic carboxylic acids is 1. The molecule has 4 rings (SSSR count). The number of aliphatic hydroxyl groups excluding tert-OH is 1. The monoisotopic (exact) mass is 403 g/mol. The molecule has 0 aliphatic heterocycles. The molecule has 1 unspecified atom stereocenters. The molecule has 5 nitrogen and oxygen atoms in total. The fraction of sp³-hybridized carbons (Fsp3) is 0.833. The summed E-state index contributed by atoms with van der Waals surface area (Å²) in [5, 5.41) is 21.6. The summed E-state index contributed by atoms with van der Waals surface area (Å²) in [5.74, 6) is 1.10. The lowest BCUT2D eigenvalue weighted by atomic mass is 9.47. The van der Waals surface area contributed by atoms with Crippen LogP contribution in [0, 0.1) is 40.4 Å². The van der Waals surface area contributed by atoms with Crippen LogP contribution in [0.1, 0.15) is 72.1 Å². The van der Waals surface area contributed by atoms with Crippen molar-refractivity contribution in [3.8, 4) is 0 Å². The molecule has 5 heteroatoms. The van der Waals surface area contributed by atoms with E-state index in [0.29, 0.717) is 23.7 Å². The van der Waals surface area contributed by atoms with Crippen LogP contribution in [0.4, 0.5) is 0 Å².